The molecule has 6 heteroatoms. The van der Waals surface area contributed by atoms with Crippen LogP contribution >= 0.6 is 0 Å². The van der Waals surface area contributed by atoms with Gasteiger partial charge in [0, 0.05) is 11.6 Å². The first kappa shape index (κ1) is 15.0. The number of aliphatic carboxylic acids is 1. The highest BCUT2D eigenvalue weighted by Gasteiger charge is 2.33. The van der Waals surface area contributed by atoms with Gasteiger partial charge in [0.15, 0.2) is 0 Å². The summed E-state index contributed by atoms with van der Waals surface area (Å²) in [5.74, 6) is -2.82. The Morgan fingerprint density at radius 3 is 2.33 bits per heavy atom. The second-order valence-corrected chi connectivity index (χ2v) is 5.37. The predicted molar refractivity (Wildman–Crippen MR) is 75.2 cm³/mol. The van der Waals surface area contributed by atoms with Gasteiger partial charge in [0.1, 0.15) is 0 Å². The van der Waals surface area contributed by atoms with E-state index in [1.165, 1.54) is 12.1 Å². The molecule has 2 atom stereocenters. The van der Waals surface area contributed by atoms with Crippen LogP contribution in [0.25, 0.3) is 0 Å². The Bertz CT molecular complexity index is 596. The summed E-state index contributed by atoms with van der Waals surface area (Å²) < 4.78 is 0. The number of rotatable bonds is 4. The number of aryl methyl sites for hydroxylation is 1. The van der Waals surface area contributed by atoms with Gasteiger partial charge < -0.3 is 15.5 Å². The minimum atomic E-state index is -1.02. The van der Waals surface area contributed by atoms with Gasteiger partial charge in [-0.1, -0.05) is 0 Å². The molecule has 21 heavy (non-hydrogen) atoms. The summed E-state index contributed by atoms with van der Waals surface area (Å²) in [6, 6.07) is 4.48. The highest BCUT2D eigenvalue weighted by atomic mass is 16.4. The van der Waals surface area contributed by atoms with Crippen LogP contribution in [0.3, 0.4) is 0 Å². The topological polar surface area (TPSA) is 104 Å². The molecule has 0 saturated heterocycles. The standard InChI is InChI=1S/C15H17NO5/c1-8-6-10(14(18)19)4-5-12(8)16-13(17)9-2-3-11(7-9)15(20)21/h4-6,9,11H,2-3,7H2,1H3,(H,16,17)(H,18,19)(H,20,21)/t9-,11+/m1/s1. The molecule has 2 rings (SSSR count). The average Bonchev–Trinajstić information content (AvgIpc) is 2.90. The van der Waals surface area contributed by atoms with E-state index in [1.54, 1.807) is 13.0 Å². The van der Waals surface area contributed by atoms with Crippen LogP contribution in [0, 0.1) is 18.8 Å². The smallest absolute Gasteiger partial charge is 0.335 e. The van der Waals surface area contributed by atoms with E-state index in [0.717, 1.165) is 0 Å². The molecular formula is C15H17NO5. The lowest BCUT2D eigenvalue weighted by Crippen LogP contribution is -2.22. The molecule has 0 unspecified atom stereocenters. The summed E-state index contributed by atoms with van der Waals surface area (Å²) in [5, 5.41) is 20.6. The third-order valence-corrected chi connectivity index (χ3v) is 3.88. The highest BCUT2D eigenvalue weighted by molar-refractivity contribution is 5.95. The van der Waals surface area contributed by atoms with Crippen molar-refractivity contribution in [2.75, 3.05) is 5.32 Å². The molecule has 0 radical (unpaired) electrons. The van der Waals surface area contributed by atoms with Crippen molar-refractivity contribution in [3.05, 3.63) is 29.3 Å². The molecule has 112 valence electrons. The number of nitrogens with one attached hydrogen (secondary N) is 1. The molecule has 1 fully saturated rings. The molecule has 1 saturated carbocycles. The first-order valence-electron chi connectivity index (χ1n) is 6.76. The first-order chi connectivity index (χ1) is 9.88. The minimum Gasteiger partial charge on any atom is -0.481 e. The molecule has 1 aliphatic carbocycles. The van der Waals surface area contributed by atoms with Crippen LogP contribution in [-0.4, -0.2) is 28.1 Å². The van der Waals surface area contributed by atoms with Crippen LogP contribution in [0.2, 0.25) is 0 Å². The van der Waals surface area contributed by atoms with Crippen LogP contribution in [-0.2, 0) is 9.59 Å². The maximum atomic E-state index is 12.1. The van der Waals surface area contributed by atoms with Crippen molar-refractivity contribution in [2.24, 2.45) is 11.8 Å². The zero-order chi connectivity index (χ0) is 15.6. The number of hydrogen-bond acceptors (Lipinski definition) is 3. The lowest BCUT2D eigenvalue weighted by molar-refractivity contribution is -0.141. The van der Waals surface area contributed by atoms with Crippen molar-refractivity contribution in [1.82, 2.24) is 0 Å². The van der Waals surface area contributed by atoms with Crippen molar-refractivity contribution >= 4 is 23.5 Å². The SMILES string of the molecule is Cc1cc(C(=O)O)ccc1NC(=O)[C@@H]1CC[C@H](C(=O)O)C1. The molecule has 0 aromatic heterocycles. The van der Waals surface area contributed by atoms with E-state index in [2.05, 4.69) is 5.32 Å². The molecule has 0 aliphatic heterocycles. The third kappa shape index (κ3) is 3.39. The van der Waals surface area contributed by atoms with Gasteiger partial charge in [0.05, 0.1) is 11.5 Å². The molecule has 0 heterocycles. The Kier molecular flexibility index (Phi) is 4.26. The minimum absolute atomic E-state index is 0.164. The molecular weight excluding hydrogens is 274 g/mol. The number of carboxylic acids is 2. The summed E-state index contributed by atoms with van der Waals surface area (Å²) in [4.78, 5) is 33.9. The van der Waals surface area contributed by atoms with Crippen molar-refractivity contribution in [1.29, 1.82) is 0 Å². The fraction of sp³-hybridized carbons (Fsp3) is 0.400. The fourth-order valence-corrected chi connectivity index (χ4v) is 2.62. The molecule has 1 aromatic rings. The summed E-state index contributed by atoms with van der Waals surface area (Å²) in [6.45, 7) is 1.72. The number of benzene rings is 1. The first-order valence-corrected chi connectivity index (χ1v) is 6.76. The average molecular weight is 291 g/mol. The van der Waals surface area contributed by atoms with Crippen LogP contribution in [0.15, 0.2) is 18.2 Å². The number of carbonyl (C=O) groups excluding carboxylic acids is 1. The lowest BCUT2D eigenvalue weighted by atomic mass is 10.0. The zero-order valence-corrected chi connectivity index (χ0v) is 11.6. The molecule has 0 bridgehead atoms. The Balaban J connectivity index is 2.03. The van der Waals surface area contributed by atoms with Gasteiger partial charge in [-0.3, -0.25) is 9.59 Å². The fourth-order valence-electron chi connectivity index (χ4n) is 2.62. The molecule has 3 N–H and O–H groups in total. The van der Waals surface area contributed by atoms with Crippen LogP contribution < -0.4 is 5.32 Å². The number of anilines is 1. The number of carbonyl (C=O) groups is 3. The number of aromatic carboxylic acids is 1. The van der Waals surface area contributed by atoms with Crippen LogP contribution in [0.4, 0.5) is 5.69 Å². The van der Waals surface area contributed by atoms with Crippen molar-refractivity contribution in [3.8, 4) is 0 Å². The van der Waals surface area contributed by atoms with E-state index in [0.29, 0.717) is 30.5 Å². The molecule has 1 aromatic carbocycles. The number of hydrogen-bond donors (Lipinski definition) is 3. The van der Waals surface area contributed by atoms with E-state index < -0.39 is 17.9 Å². The van der Waals surface area contributed by atoms with Gasteiger partial charge in [0.2, 0.25) is 5.91 Å². The van der Waals surface area contributed by atoms with Gasteiger partial charge in [-0.05, 0) is 49.9 Å². The lowest BCUT2D eigenvalue weighted by Gasteiger charge is -2.13. The second kappa shape index (κ2) is 5.95. The Morgan fingerprint density at radius 2 is 1.81 bits per heavy atom. The van der Waals surface area contributed by atoms with Crippen molar-refractivity contribution in [2.45, 2.75) is 26.2 Å². The Labute approximate surface area is 121 Å². The van der Waals surface area contributed by atoms with E-state index in [-0.39, 0.29) is 17.4 Å². The maximum absolute atomic E-state index is 12.1. The highest BCUT2D eigenvalue weighted by Crippen LogP contribution is 2.32. The molecule has 0 spiro atoms. The summed E-state index contributed by atoms with van der Waals surface area (Å²) in [5.41, 5.74) is 1.39. The van der Waals surface area contributed by atoms with Gasteiger partial charge in [0.25, 0.3) is 0 Å². The summed E-state index contributed by atoms with van der Waals surface area (Å²) in [7, 11) is 0. The third-order valence-electron chi connectivity index (χ3n) is 3.88. The van der Waals surface area contributed by atoms with E-state index in [4.69, 9.17) is 10.2 Å². The normalized spacial score (nSPS) is 21.0. The largest absolute Gasteiger partial charge is 0.481 e. The predicted octanol–water partition coefficient (Wildman–Crippen LogP) is 2.13. The second-order valence-electron chi connectivity index (χ2n) is 5.37. The summed E-state index contributed by atoms with van der Waals surface area (Å²) in [6.07, 6.45) is 1.44. The molecule has 1 aliphatic rings. The van der Waals surface area contributed by atoms with E-state index in [1.807, 2.05) is 0 Å². The quantitative estimate of drug-likeness (QED) is 0.788. The van der Waals surface area contributed by atoms with Crippen LogP contribution in [0.5, 0.6) is 0 Å². The van der Waals surface area contributed by atoms with Gasteiger partial charge in [-0.15, -0.1) is 0 Å². The van der Waals surface area contributed by atoms with Gasteiger partial charge in [-0.2, -0.15) is 0 Å². The Hall–Kier alpha value is -2.37. The summed E-state index contributed by atoms with van der Waals surface area (Å²) >= 11 is 0. The molecule has 1 amide bonds. The number of carboxylic acid groups (broad SMARTS) is 2. The van der Waals surface area contributed by atoms with Crippen molar-refractivity contribution in [3.63, 3.8) is 0 Å². The van der Waals surface area contributed by atoms with Gasteiger partial charge >= 0.3 is 11.9 Å². The number of amides is 1. The molecule has 6 nitrogen and oxygen atoms in total. The van der Waals surface area contributed by atoms with Crippen molar-refractivity contribution < 1.29 is 24.6 Å². The van der Waals surface area contributed by atoms with E-state index >= 15 is 0 Å². The van der Waals surface area contributed by atoms with Gasteiger partial charge in [-0.25, -0.2) is 4.79 Å². The van der Waals surface area contributed by atoms with E-state index in [9.17, 15) is 14.4 Å². The maximum Gasteiger partial charge on any atom is 0.335 e. The zero-order valence-electron chi connectivity index (χ0n) is 11.6. The van der Waals surface area contributed by atoms with Crippen LogP contribution in [0.1, 0.15) is 35.2 Å². The Morgan fingerprint density at radius 1 is 1.14 bits per heavy atom. The monoisotopic (exact) mass is 291 g/mol.